The van der Waals surface area contributed by atoms with Gasteiger partial charge < -0.3 is 16.2 Å². The minimum Gasteiger partial charge on any atom is -0.382 e. The van der Waals surface area contributed by atoms with Gasteiger partial charge in [-0.25, -0.2) is 15.0 Å². The van der Waals surface area contributed by atoms with E-state index in [1.807, 2.05) is 0 Å². The number of nitrogen functional groups attached to an aromatic ring is 1. The fourth-order valence-electron chi connectivity index (χ4n) is 3.55. The third-order valence-electron chi connectivity index (χ3n) is 5.16. The summed E-state index contributed by atoms with van der Waals surface area (Å²) in [6.45, 7) is 0.779. The Bertz CT molecular complexity index is 1520. The van der Waals surface area contributed by atoms with E-state index >= 15 is 0 Å². The second-order valence-electron chi connectivity index (χ2n) is 7.67. The molecule has 0 fully saturated rings. The number of alkyl halides is 3. The van der Waals surface area contributed by atoms with Gasteiger partial charge >= 0.3 is 6.18 Å². The molecule has 11 heteroatoms. The zero-order valence-corrected chi connectivity index (χ0v) is 18.0. The third-order valence-corrected chi connectivity index (χ3v) is 5.16. The number of hydrogen-bond acceptors (Lipinski definition) is 6. The molecule has 0 spiro atoms. The van der Waals surface area contributed by atoms with E-state index in [-0.39, 0.29) is 34.2 Å². The first kappa shape index (κ1) is 19.5. The summed E-state index contributed by atoms with van der Waals surface area (Å²) in [5.41, 5.74) is 6.80. The van der Waals surface area contributed by atoms with Crippen LogP contribution in [0.5, 0.6) is 0 Å². The van der Waals surface area contributed by atoms with Crippen LogP contribution in [0.15, 0.2) is 42.7 Å². The molecule has 0 aliphatic heterocycles. The van der Waals surface area contributed by atoms with Crippen molar-refractivity contribution in [2.24, 2.45) is 0 Å². The number of imidazole rings is 1. The van der Waals surface area contributed by atoms with Crippen molar-refractivity contribution >= 4 is 23.1 Å². The molecule has 34 heavy (non-hydrogen) atoms. The molecule has 0 aliphatic carbocycles. The number of anilines is 2. The molecule has 0 bridgehead atoms. The SMILES string of the molecule is [2H]C([2H])([2H])c1nc(-c2cnc(NC(=O)C(O)c3cccc(C(F)(F)F)c3)cc2C)c2c(N)nc(C)cn12. The van der Waals surface area contributed by atoms with Crippen LogP contribution in [0.1, 0.15) is 38.4 Å². The van der Waals surface area contributed by atoms with Crippen LogP contribution >= 0.6 is 0 Å². The second kappa shape index (κ2) is 8.41. The predicted molar refractivity (Wildman–Crippen MR) is 120 cm³/mol. The molecule has 4 aromatic rings. The molecule has 176 valence electrons. The highest BCUT2D eigenvalue weighted by molar-refractivity contribution is 5.94. The minimum absolute atomic E-state index is 0.0128. The predicted octanol–water partition coefficient (Wildman–Crippen LogP) is 3.99. The molecule has 1 amide bonds. The van der Waals surface area contributed by atoms with Crippen molar-refractivity contribution in [3.63, 3.8) is 0 Å². The van der Waals surface area contributed by atoms with Gasteiger partial charge in [0.1, 0.15) is 28.7 Å². The van der Waals surface area contributed by atoms with E-state index in [0.29, 0.717) is 22.9 Å². The Morgan fingerprint density at radius 1 is 1.26 bits per heavy atom. The zero-order chi connectivity index (χ0) is 27.3. The van der Waals surface area contributed by atoms with Crippen molar-refractivity contribution in [2.75, 3.05) is 11.1 Å². The van der Waals surface area contributed by atoms with E-state index < -0.39 is 30.6 Å². The minimum atomic E-state index is -4.63. The molecule has 0 saturated heterocycles. The molecular formula is C23H21F3N6O2. The van der Waals surface area contributed by atoms with Crippen molar-refractivity contribution in [3.8, 4) is 11.3 Å². The number of hydrogen-bond donors (Lipinski definition) is 3. The summed E-state index contributed by atoms with van der Waals surface area (Å²) >= 11 is 0. The Morgan fingerprint density at radius 3 is 2.71 bits per heavy atom. The van der Waals surface area contributed by atoms with Gasteiger partial charge in [0.25, 0.3) is 5.91 Å². The number of nitrogens with one attached hydrogen (secondary N) is 1. The smallest absolute Gasteiger partial charge is 0.382 e. The Kier molecular flexibility index (Phi) is 4.82. The number of rotatable bonds is 4. The lowest BCUT2D eigenvalue weighted by atomic mass is 10.0. The largest absolute Gasteiger partial charge is 0.416 e. The molecular weight excluding hydrogens is 449 g/mol. The van der Waals surface area contributed by atoms with Crippen molar-refractivity contribution < 1.29 is 27.2 Å². The van der Waals surface area contributed by atoms with Gasteiger partial charge in [-0.05, 0) is 50.0 Å². The zero-order valence-electron chi connectivity index (χ0n) is 21.0. The van der Waals surface area contributed by atoms with Gasteiger partial charge in [0, 0.05) is 22.1 Å². The van der Waals surface area contributed by atoms with Gasteiger partial charge in [0.05, 0.1) is 11.3 Å². The van der Waals surface area contributed by atoms with Crippen molar-refractivity contribution in [2.45, 2.75) is 33.0 Å². The second-order valence-corrected chi connectivity index (χ2v) is 7.67. The van der Waals surface area contributed by atoms with Crippen LogP contribution in [0.25, 0.3) is 16.8 Å². The van der Waals surface area contributed by atoms with Crippen LogP contribution in [-0.2, 0) is 11.0 Å². The number of carbonyl (C=O) groups is 1. The first-order valence-corrected chi connectivity index (χ1v) is 9.95. The summed E-state index contributed by atoms with van der Waals surface area (Å²) in [5.74, 6) is -1.12. The number of pyridine rings is 1. The Hall–Kier alpha value is -3.99. The van der Waals surface area contributed by atoms with Crippen LogP contribution in [0, 0.1) is 20.7 Å². The number of carbonyl (C=O) groups excluding carboxylic acids is 1. The highest BCUT2D eigenvalue weighted by Gasteiger charge is 2.31. The van der Waals surface area contributed by atoms with Crippen molar-refractivity contribution in [1.82, 2.24) is 19.4 Å². The first-order chi connectivity index (χ1) is 17.2. The number of nitrogens with zero attached hydrogens (tertiary/aromatic N) is 4. The van der Waals surface area contributed by atoms with Gasteiger partial charge in [0.2, 0.25) is 0 Å². The highest BCUT2D eigenvalue weighted by atomic mass is 19.4. The number of aryl methyl sites for hydroxylation is 3. The van der Waals surface area contributed by atoms with E-state index in [9.17, 15) is 23.1 Å². The summed E-state index contributed by atoms with van der Waals surface area (Å²) in [4.78, 5) is 25.2. The number of fused-ring (bicyclic) bond motifs is 1. The lowest BCUT2D eigenvalue weighted by Crippen LogP contribution is -2.22. The standard InChI is InChI=1S/C23H21F3N6O2/c1-11-7-17(31-22(34)20(33)14-5-4-6-15(8-14)23(24,25)26)28-9-16(11)18-19-21(27)29-12(2)10-32(19)13(3)30-18/h4-10,20,33H,1-3H3,(H2,27,29)(H,28,31,34)/i3D3. The van der Waals surface area contributed by atoms with Crippen LogP contribution in [0.4, 0.5) is 24.8 Å². The quantitative estimate of drug-likeness (QED) is 0.413. The molecule has 8 nitrogen and oxygen atoms in total. The van der Waals surface area contributed by atoms with Crippen LogP contribution < -0.4 is 11.1 Å². The van der Waals surface area contributed by atoms with E-state index in [1.165, 1.54) is 28.9 Å². The Morgan fingerprint density at radius 2 is 2.03 bits per heavy atom. The summed E-state index contributed by atoms with van der Waals surface area (Å²) in [6, 6.07) is 5.27. The van der Waals surface area contributed by atoms with E-state index in [1.54, 1.807) is 13.8 Å². The lowest BCUT2D eigenvalue weighted by Gasteiger charge is -2.14. The summed E-state index contributed by atoms with van der Waals surface area (Å²) in [7, 11) is 0. The molecule has 4 N–H and O–H groups in total. The van der Waals surface area contributed by atoms with Crippen LogP contribution in [0.3, 0.4) is 0 Å². The molecule has 3 heterocycles. The van der Waals surface area contributed by atoms with E-state index in [2.05, 4.69) is 20.3 Å². The number of halogens is 3. The topological polar surface area (TPSA) is 118 Å². The summed E-state index contributed by atoms with van der Waals surface area (Å²) in [6.07, 6.45) is -3.66. The fourth-order valence-corrected chi connectivity index (χ4v) is 3.55. The number of nitrogens with two attached hydrogens (primary N) is 1. The van der Waals surface area contributed by atoms with Crippen molar-refractivity contribution in [3.05, 3.63) is 70.9 Å². The first-order valence-electron chi connectivity index (χ1n) is 11.5. The van der Waals surface area contributed by atoms with Gasteiger partial charge in [-0.15, -0.1) is 0 Å². The summed E-state index contributed by atoms with van der Waals surface area (Å²) in [5, 5.41) is 12.7. The van der Waals surface area contributed by atoms with Gasteiger partial charge in [-0.2, -0.15) is 13.2 Å². The number of aromatic nitrogens is 4. The van der Waals surface area contributed by atoms with Gasteiger partial charge in [-0.3, -0.25) is 9.20 Å². The normalized spacial score (nSPS) is 14.4. The summed E-state index contributed by atoms with van der Waals surface area (Å²) < 4.78 is 63.8. The average Bonchev–Trinajstić information content (AvgIpc) is 3.18. The molecule has 1 unspecified atom stereocenters. The monoisotopic (exact) mass is 473 g/mol. The molecule has 4 rings (SSSR count). The molecule has 0 saturated carbocycles. The number of aliphatic hydroxyl groups excluding tert-OH is 1. The molecule has 3 aromatic heterocycles. The third kappa shape index (κ3) is 4.29. The lowest BCUT2D eigenvalue weighted by molar-refractivity contribution is -0.138. The maximum atomic E-state index is 13.0. The number of aliphatic hydroxyl groups is 1. The average molecular weight is 473 g/mol. The highest BCUT2D eigenvalue weighted by Crippen LogP contribution is 2.32. The fraction of sp³-hybridized carbons (Fsp3) is 0.217. The molecule has 0 radical (unpaired) electrons. The Balaban J connectivity index is 1.66. The van der Waals surface area contributed by atoms with Gasteiger partial charge in [-0.1, -0.05) is 12.1 Å². The number of benzene rings is 1. The molecule has 1 aromatic carbocycles. The van der Waals surface area contributed by atoms with E-state index in [0.717, 1.165) is 12.1 Å². The maximum Gasteiger partial charge on any atom is 0.416 e. The Labute approximate surface area is 196 Å². The van der Waals surface area contributed by atoms with Crippen molar-refractivity contribution in [1.29, 1.82) is 0 Å². The number of amides is 1. The van der Waals surface area contributed by atoms with Crippen LogP contribution in [-0.4, -0.2) is 30.4 Å². The maximum absolute atomic E-state index is 13.0. The molecule has 0 aliphatic rings. The van der Waals surface area contributed by atoms with Gasteiger partial charge in [0.15, 0.2) is 6.10 Å². The molecule has 1 atom stereocenters. The van der Waals surface area contributed by atoms with Crippen LogP contribution in [0.2, 0.25) is 0 Å². The van der Waals surface area contributed by atoms with E-state index in [4.69, 9.17) is 9.85 Å².